The molecule has 3 aromatic rings. The van der Waals surface area contributed by atoms with Gasteiger partial charge in [-0.3, -0.25) is 19.4 Å². The number of carboxylic acid groups (broad SMARTS) is 1. The summed E-state index contributed by atoms with van der Waals surface area (Å²) in [7, 11) is 0. The smallest absolute Gasteiger partial charge is 0.337 e. The summed E-state index contributed by atoms with van der Waals surface area (Å²) >= 11 is 6.28. The normalized spacial score (nSPS) is 19.4. The maximum Gasteiger partial charge on any atom is 0.337 e. The van der Waals surface area contributed by atoms with E-state index in [4.69, 9.17) is 11.6 Å². The second-order valence-corrected chi connectivity index (χ2v) is 8.27. The van der Waals surface area contributed by atoms with Crippen molar-refractivity contribution in [2.24, 2.45) is 0 Å². The van der Waals surface area contributed by atoms with E-state index in [1.807, 2.05) is 16.9 Å². The fraction of sp³-hybridized carbons (Fsp3) is 0.273. The van der Waals surface area contributed by atoms with Crippen molar-refractivity contribution in [3.8, 4) is 0 Å². The summed E-state index contributed by atoms with van der Waals surface area (Å²) in [6, 6.07) is 7.12. The van der Waals surface area contributed by atoms with Crippen LogP contribution in [0.1, 0.15) is 40.5 Å². The summed E-state index contributed by atoms with van der Waals surface area (Å²) in [5.41, 5.74) is 3.20. The van der Waals surface area contributed by atoms with Crippen LogP contribution in [0.5, 0.6) is 0 Å². The molecule has 1 aliphatic heterocycles. The average Bonchev–Trinajstić information content (AvgIpc) is 3.38. The molecule has 1 amide bonds. The number of amides is 1. The molecule has 8 heteroatoms. The zero-order valence-corrected chi connectivity index (χ0v) is 17.1. The number of pyridine rings is 1. The van der Waals surface area contributed by atoms with Crippen molar-refractivity contribution in [3.63, 3.8) is 0 Å². The number of aromatic carboxylic acids is 1. The number of nitrogens with zero attached hydrogens (tertiary/aromatic N) is 4. The number of rotatable bonds is 4. The second-order valence-electron chi connectivity index (χ2n) is 7.83. The Labute approximate surface area is 177 Å². The molecule has 1 aromatic carbocycles. The quantitative estimate of drug-likeness (QED) is 0.691. The summed E-state index contributed by atoms with van der Waals surface area (Å²) in [5.74, 6) is -1.09. The predicted octanol–water partition coefficient (Wildman–Crippen LogP) is 3.75. The van der Waals surface area contributed by atoms with Crippen LogP contribution in [0.25, 0.3) is 0 Å². The third-order valence-corrected chi connectivity index (χ3v) is 6.16. The van der Waals surface area contributed by atoms with E-state index in [1.54, 1.807) is 29.3 Å². The summed E-state index contributed by atoms with van der Waals surface area (Å²) in [6.45, 7) is 2.84. The van der Waals surface area contributed by atoms with Crippen LogP contribution < -0.4 is 4.90 Å². The Morgan fingerprint density at radius 2 is 2.10 bits per heavy atom. The highest BCUT2D eigenvalue weighted by atomic mass is 35.5. The van der Waals surface area contributed by atoms with Crippen LogP contribution in [0, 0.1) is 0 Å². The first-order valence-corrected chi connectivity index (χ1v) is 10.2. The van der Waals surface area contributed by atoms with E-state index < -0.39 is 11.4 Å². The topological polar surface area (TPSA) is 88.3 Å². The SMILES string of the molecule is CCCn1cc(N2C(=O)[C@]3(Cc4cc(C(=O)O)cnc4C3)c3ccc(Cl)cc32)cn1. The number of carbonyl (C=O) groups excluding carboxylic acids is 1. The number of anilines is 2. The third kappa shape index (κ3) is 2.65. The van der Waals surface area contributed by atoms with Crippen molar-refractivity contribution in [1.29, 1.82) is 0 Å². The van der Waals surface area contributed by atoms with Crippen LogP contribution in [0.2, 0.25) is 5.02 Å². The Morgan fingerprint density at radius 1 is 1.27 bits per heavy atom. The molecule has 1 N–H and O–H groups in total. The lowest BCUT2D eigenvalue weighted by Crippen LogP contribution is -2.39. The highest BCUT2D eigenvalue weighted by Gasteiger charge is 2.55. The van der Waals surface area contributed by atoms with Crippen LogP contribution in [0.15, 0.2) is 42.9 Å². The van der Waals surface area contributed by atoms with Crippen LogP contribution in [-0.2, 0) is 29.6 Å². The maximum absolute atomic E-state index is 13.9. The molecule has 0 saturated heterocycles. The zero-order chi connectivity index (χ0) is 21.0. The van der Waals surface area contributed by atoms with Crippen molar-refractivity contribution in [2.75, 3.05) is 4.90 Å². The summed E-state index contributed by atoms with van der Waals surface area (Å²) < 4.78 is 1.82. The van der Waals surface area contributed by atoms with Gasteiger partial charge in [-0.15, -0.1) is 0 Å². The van der Waals surface area contributed by atoms with E-state index in [1.165, 1.54) is 6.20 Å². The van der Waals surface area contributed by atoms with Gasteiger partial charge >= 0.3 is 5.97 Å². The molecule has 0 unspecified atom stereocenters. The van der Waals surface area contributed by atoms with E-state index in [0.717, 1.165) is 35.5 Å². The largest absolute Gasteiger partial charge is 0.478 e. The minimum Gasteiger partial charge on any atom is -0.478 e. The lowest BCUT2D eigenvalue weighted by molar-refractivity contribution is -0.122. The van der Waals surface area contributed by atoms with Crippen molar-refractivity contribution < 1.29 is 14.7 Å². The van der Waals surface area contributed by atoms with E-state index in [2.05, 4.69) is 17.0 Å². The number of carboxylic acids is 1. The Balaban J connectivity index is 1.62. The first-order chi connectivity index (χ1) is 14.4. The predicted molar refractivity (Wildman–Crippen MR) is 111 cm³/mol. The summed E-state index contributed by atoms with van der Waals surface area (Å²) in [6.07, 6.45) is 6.69. The minimum absolute atomic E-state index is 0.0642. The molecule has 2 aromatic heterocycles. The van der Waals surface area contributed by atoms with E-state index >= 15 is 0 Å². The fourth-order valence-corrected chi connectivity index (χ4v) is 4.76. The fourth-order valence-electron chi connectivity index (χ4n) is 4.59. The van der Waals surface area contributed by atoms with E-state index in [-0.39, 0.29) is 11.5 Å². The number of fused-ring (bicyclic) bond motifs is 3. The number of halogens is 1. The van der Waals surface area contributed by atoms with Crippen molar-refractivity contribution >= 4 is 34.9 Å². The summed E-state index contributed by atoms with van der Waals surface area (Å²) in [5, 5.41) is 14.2. The van der Waals surface area contributed by atoms with Crippen LogP contribution in [0.4, 0.5) is 11.4 Å². The van der Waals surface area contributed by atoms with Gasteiger partial charge in [-0.05, 0) is 42.2 Å². The molecule has 2 aliphatic rings. The third-order valence-electron chi connectivity index (χ3n) is 5.93. The Morgan fingerprint density at radius 3 is 2.87 bits per heavy atom. The number of benzene rings is 1. The van der Waals surface area contributed by atoms with Gasteiger partial charge in [0, 0.05) is 36.1 Å². The highest BCUT2D eigenvalue weighted by molar-refractivity contribution is 6.31. The first kappa shape index (κ1) is 18.8. The van der Waals surface area contributed by atoms with Crippen molar-refractivity contribution in [1.82, 2.24) is 14.8 Å². The molecular formula is C22H19ClN4O3. The Hall–Kier alpha value is -3.19. The Kier molecular flexibility index (Phi) is 4.18. The molecule has 1 atom stereocenters. The first-order valence-electron chi connectivity index (χ1n) is 9.81. The van der Waals surface area contributed by atoms with Gasteiger partial charge in [0.25, 0.3) is 0 Å². The number of aryl methyl sites for hydroxylation is 1. The standard InChI is InChI=1S/C22H19ClN4O3/c1-2-5-26-12-16(11-25-26)27-19-7-15(23)3-4-17(19)22(21(27)30)8-13-6-14(20(28)29)10-24-18(13)9-22/h3-4,6-7,10-12H,2,5,8-9H2,1H3,(H,28,29)/t22-/m0/s1. The molecule has 3 heterocycles. The molecule has 0 bridgehead atoms. The van der Waals surface area contributed by atoms with Crippen molar-refractivity contribution in [3.05, 3.63) is 70.3 Å². The average molecular weight is 423 g/mol. The molecule has 1 aliphatic carbocycles. The van der Waals surface area contributed by atoms with Gasteiger partial charge < -0.3 is 5.11 Å². The monoisotopic (exact) mass is 422 g/mol. The molecule has 5 rings (SSSR count). The number of carbonyl (C=O) groups is 2. The van der Waals surface area contributed by atoms with E-state index in [0.29, 0.717) is 23.6 Å². The minimum atomic E-state index is -1.03. The van der Waals surface area contributed by atoms with Gasteiger partial charge in [-0.1, -0.05) is 24.6 Å². The van der Waals surface area contributed by atoms with Gasteiger partial charge in [0.1, 0.15) is 0 Å². The molecule has 0 radical (unpaired) electrons. The molecular weight excluding hydrogens is 404 g/mol. The molecule has 7 nitrogen and oxygen atoms in total. The lowest BCUT2D eigenvalue weighted by Gasteiger charge is -2.22. The zero-order valence-electron chi connectivity index (χ0n) is 16.3. The number of hydrogen-bond acceptors (Lipinski definition) is 4. The van der Waals surface area contributed by atoms with Gasteiger partial charge in [0.05, 0.1) is 28.6 Å². The van der Waals surface area contributed by atoms with E-state index in [9.17, 15) is 14.7 Å². The molecule has 30 heavy (non-hydrogen) atoms. The van der Waals surface area contributed by atoms with Crippen LogP contribution in [0.3, 0.4) is 0 Å². The van der Waals surface area contributed by atoms with Gasteiger partial charge in [0.15, 0.2) is 0 Å². The van der Waals surface area contributed by atoms with Crippen molar-refractivity contribution in [2.45, 2.75) is 38.1 Å². The highest BCUT2D eigenvalue weighted by Crippen LogP contribution is 2.52. The lowest BCUT2D eigenvalue weighted by atomic mass is 9.79. The Bertz CT molecular complexity index is 1200. The number of aromatic nitrogens is 3. The molecule has 0 fully saturated rings. The van der Waals surface area contributed by atoms with Gasteiger partial charge in [0.2, 0.25) is 5.91 Å². The summed E-state index contributed by atoms with van der Waals surface area (Å²) in [4.78, 5) is 31.3. The van der Waals surface area contributed by atoms with Crippen LogP contribution >= 0.6 is 11.6 Å². The number of hydrogen-bond donors (Lipinski definition) is 1. The van der Waals surface area contributed by atoms with Gasteiger partial charge in [-0.2, -0.15) is 5.10 Å². The van der Waals surface area contributed by atoms with Crippen LogP contribution in [-0.4, -0.2) is 31.7 Å². The van der Waals surface area contributed by atoms with Gasteiger partial charge in [-0.25, -0.2) is 4.79 Å². The molecule has 1 spiro atoms. The second kappa shape index (κ2) is 6.67. The maximum atomic E-state index is 13.9. The molecule has 152 valence electrons. The molecule has 0 saturated carbocycles.